The Morgan fingerprint density at radius 3 is 2.06 bits per heavy atom. The lowest BCUT2D eigenvalue weighted by Crippen LogP contribution is -2.57. The SMILES string of the molecule is CC(NC(=O)C(Cc1ccc(O)cc1)NC(=O)C(Cc1ccccc1)NC(=O)C1CCCN1)C(=O)O. The molecule has 36 heavy (non-hydrogen) atoms. The fourth-order valence-electron chi connectivity index (χ4n) is 3.96. The Hall–Kier alpha value is -3.92. The number of phenolic OH excluding ortho intramolecular Hbond substituents is 1. The maximum Gasteiger partial charge on any atom is 0.325 e. The molecule has 2 aromatic carbocycles. The molecule has 1 aliphatic rings. The van der Waals surface area contributed by atoms with E-state index in [4.69, 9.17) is 0 Å². The highest BCUT2D eigenvalue weighted by atomic mass is 16.4. The van der Waals surface area contributed by atoms with Crippen molar-refractivity contribution in [3.63, 3.8) is 0 Å². The Bertz CT molecular complexity index is 1050. The number of aromatic hydroxyl groups is 1. The van der Waals surface area contributed by atoms with Gasteiger partial charge in [0.1, 0.15) is 23.9 Å². The van der Waals surface area contributed by atoms with Gasteiger partial charge in [0.15, 0.2) is 0 Å². The van der Waals surface area contributed by atoms with Crippen molar-refractivity contribution in [2.24, 2.45) is 0 Å². The third-order valence-electron chi connectivity index (χ3n) is 6.03. The summed E-state index contributed by atoms with van der Waals surface area (Å²) in [6.07, 6.45) is 1.80. The smallest absolute Gasteiger partial charge is 0.325 e. The van der Waals surface area contributed by atoms with Gasteiger partial charge in [0, 0.05) is 12.8 Å². The van der Waals surface area contributed by atoms with Gasteiger partial charge in [-0.2, -0.15) is 0 Å². The Morgan fingerprint density at radius 1 is 0.889 bits per heavy atom. The summed E-state index contributed by atoms with van der Waals surface area (Å²) in [6, 6.07) is 11.7. The first kappa shape index (κ1) is 26.7. The first-order chi connectivity index (χ1) is 17.2. The van der Waals surface area contributed by atoms with Crippen LogP contribution < -0.4 is 21.3 Å². The van der Waals surface area contributed by atoms with Crippen molar-refractivity contribution in [1.29, 1.82) is 0 Å². The fourth-order valence-corrected chi connectivity index (χ4v) is 3.96. The zero-order chi connectivity index (χ0) is 26.1. The molecule has 3 amide bonds. The number of nitrogens with one attached hydrogen (secondary N) is 4. The van der Waals surface area contributed by atoms with Gasteiger partial charge in [-0.25, -0.2) is 0 Å². The van der Waals surface area contributed by atoms with Crippen LogP contribution in [0.3, 0.4) is 0 Å². The predicted molar refractivity (Wildman–Crippen MR) is 132 cm³/mol. The maximum atomic E-state index is 13.4. The van der Waals surface area contributed by atoms with E-state index in [1.807, 2.05) is 30.3 Å². The molecule has 4 unspecified atom stereocenters. The molecule has 192 valence electrons. The predicted octanol–water partition coefficient (Wildman–Crippen LogP) is 0.488. The summed E-state index contributed by atoms with van der Waals surface area (Å²) in [7, 11) is 0. The van der Waals surface area contributed by atoms with Crippen molar-refractivity contribution < 1.29 is 29.4 Å². The maximum absolute atomic E-state index is 13.4. The molecule has 10 nitrogen and oxygen atoms in total. The highest BCUT2D eigenvalue weighted by Gasteiger charge is 2.31. The lowest BCUT2D eigenvalue weighted by Gasteiger charge is -2.25. The topological polar surface area (TPSA) is 157 Å². The standard InChI is InChI=1S/C26H32N4O6/c1-16(26(35)36)28-24(33)21(15-18-9-11-19(31)12-10-18)30-25(34)22(14-17-6-3-2-4-7-17)29-23(32)20-8-5-13-27-20/h2-4,6-7,9-12,16,20-22,27,31H,5,8,13-15H2,1H3,(H,28,33)(H,29,32)(H,30,34)(H,35,36). The van der Waals surface area contributed by atoms with Crippen LogP contribution in [-0.4, -0.2) is 64.6 Å². The molecule has 1 heterocycles. The van der Waals surface area contributed by atoms with E-state index in [0.29, 0.717) is 12.0 Å². The summed E-state index contributed by atoms with van der Waals surface area (Å²) in [5.74, 6) is -2.69. The molecule has 2 aromatic rings. The van der Waals surface area contributed by atoms with Gasteiger partial charge in [-0.1, -0.05) is 42.5 Å². The van der Waals surface area contributed by atoms with Crippen molar-refractivity contribution >= 4 is 23.7 Å². The summed E-state index contributed by atoms with van der Waals surface area (Å²) in [4.78, 5) is 50.4. The van der Waals surface area contributed by atoms with Crippen LogP contribution in [0.15, 0.2) is 54.6 Å². The quantitative estimate of drug-likeness (QED) is 0.264. The molecule has 1 aliphatic heterocycles. The van der Waals surface area contributed by atoms with Gasteiger partial charge < -0.3 is 31.5 Å². The van der Waals surface area contributed by atoms with Gasteiger partial charge in [0.05, 0.1) is 6.04 Å². The van der Waals surface area contributed by atoms with Crippen molar-refractivity contribution in [2.75, 3.05) is 6.54 Å². The zero-order valence-electron chi connectivity index (χ0n) is 20.1. The minimum atomic E-state index is -1.21. The third kappa shape index (κ3) is 7.81. The second-order valence-electron chi connectivity index (χ2n) is 8.90. The van der Waals surface area contributed by atoms with Crippen molar-refractivity contribution in [1.82, 2.24) is 21.3 Å². The van der Waals surface area contributed by atoms with Crippen molar-refractivity contribution in [3.05, 3.63) is 65.7 Å². The van der Waals surface area contributed by atoms with Crippen molar-refractivity contribution in [3.8, 4) is 5.75 Å². The van der Waals surface area contributed by atoms with E-state index in [2.05, 4.69) is 21.3 Å². The number of rotatable bonds is 11. The number of carbonyl (C=O) groups is 4. The molecule has 0 aliphatic carbocycles. The van der Waals surface area contributed by atoms with Crippen molar-refractivity contribution in [2.45, 2.75) is 56.8 Å². The number of aliphatic carboxylic acids is 1. The van der Waals surface area contributed by atoms with E-state index in [9.17, 15) is 29.4 Å². The van der Waals surface area contributed by atoms with Gasteiger partial charge in [0.25, 0.3) is 0 Å². The largest absolute Gasteiger partial charge is 0.508 e. The van der Waals surface area contributed by atoms with E-state index in [1.54, 1.807) is 12.1 Å². The van der Waals surface area contributed by atoms with Crippen LogP contribution in [0.4, 0.5) is 0 Å². The van der Waals surface area contributed by atoms with E-state index in [0.717, 1.165) is 18.5 Å². The van der Waals surface area contributed by atoms with Gasteiger partial charge in [0.2, 0.25) is 17.7 Å². The second-order valence-corrected chi connectivity index (χ2v) is 8.90. The average Bonchev–Trinajstić information content (AvgIpc) is 3.40. The molecule has 4 atom stereocenters. The van der Waals surface area contributed by atoms with Crippen LogP contribution in [0, 0.1) is 0 Å². The zero-order valence-corrected chi connectivity index (χ0v) is 20.1. The molecular weight excluding hydrogens is 464 g/mol. The van der Waals surface area contributed by atoms with Crippen LogP contribution >= 0.6 is 0 Å². The summed E-state index contributed by atoms with van der Waals surface area (Å²) in [5.41, 5.74) is 1.48. The summed E-state index contributed by atoms with van der Waals surface area (Å²) in [5, 5.41) is 29.7. The van der Waals surface area contributed by atoms with Crippen LogP contribution in [0.5, 0.6) is 5.75 Å². The fraction of sp³-hybridized carbons (Fsp3) is 0.385. The average molecular weight is 497 g/mol. The molecule has 0 spiro atoms. The Balaban J connectivity index is 1.79. The van der Waals surface area contributed by atoms with Crippen LogP contribution in [0.25, 0.3) is 0 Å². The molecule has 1 fully saturated rings. The van der Waals surface area contributed by atoms with E-state index in [1.165, 1.54) is 19.1 Å². The number of hydrogen-bond donors (Lipinski definition) is 6. The number of amides is 3. The van der Waals surface area contributed by atoms with E-state index in [-0.39, 0.29) is 30.5 Å². The Kier molecular flexibility index (Phi) is 9.40. The number of carbonyl (C=O) groups excluding carboxylic acids is 3. The van der Waals surface area contributed by atoms with E-state index < -0.39 is 35.9 Å². The Labute approximate surface area is 209 Å². The molecule has 10 heteroatoms. The number of carboxylic acids is 1. The van der Waals surface area contributed by atoms with Crippen LogP contribution in [0.1, 0.15) is 30.9 Å². The minimum Gasteiger partial charge on any atom is -0.508 e. The molecule has 0 aromatic heterocycles. The summed E-state index contributed by atoms with van der Waals surface area (Å²) < 4.78 is 0. The lowest BCUT2D eigenvalue weighted by atomic mass is 10.0. The first-order valence-electron chi connectivity index (χ1n) is 11.9. The van der Waals surface area contributed by atoms with Gasteiger partial charge >= 0.3 is 5.97 Å². The molecule has 0 radical (unpaired) electrons. The minimum absolute atomic E-state index is 0.0504. The number of hydrogen-bond acceptors (Lipinski definition) is 6. The number of carboxylic acid groups (broad SMARTS) is 1. The highest BCUT2D eigenvalue weighted by molar-refractivity contribution is 5.94. The number of phenols is 1. The Morgan fingerprint density at radius 2 is 1.47 bits per heavy atom. The first-order valence-corrected chi connectivity index (χ1v) is 11.9. The molecule has 1 saturated heterocycles. The molecule has 3 rings (SSSR count). The summed E-state index contributed by atoms with van der Waals surface area (Å²) >= 11 is 0. The molecular formula is C26H32N4O6. The lowest BCUT2D eigenvalue weighted by molar-refractivity contribution is -0.141. The molecule has 0 saturated carbocycles. The monoisotopic (exact) mass is 496 g/mol. The van der Waals surface area contributed by atoms with Gasteiger partial charge in [-0.05, 0) is 49.6 Å². The molecule has 0 bridgehead atoms. The van der Waals surface area contributed by atoms with Crippen LogP contribution in [-0.2, 0) is 32.0 Å². The van der Waals surface area contributed by atoms with E-state index >= 15 is 0 Å². The number of benzene rings is 2. The third-order valence-corrected chi connectivity index (χ3v) is 6.03. The van der Waals surface area contributed by atoms with Gasteiger partial charge in [-0.3, -0.25) is 19.2 Å². The summed E-state index contributed by atoms with van der Waals surface area (Å²) in [6.45, 7) is 2.05. The second kappa shape index (κ2) is 12.7. The highest BCUT2D eigenvalue weighted by Crippen LogP contribution is 2.13. The van der Waals surface area contributed by atoms with Gasteiger partial charge in [-0.15, -0.1) is 0 Å². The van der Waals surface area contributed by atoms with Crippen LogP contribution in [0.2, 0.25) is 0 Å². The normalized spacial score (nSPS) is 17.4. The molecule has 6 N–H and O–H groups in total.